The second-order valence-corrected chi connectivity index (χ2v) is 3.85. The lowest BCUT2D eigenvalue weighted by molar-refractivity contribution is 0.619. The van der Waals surface area contributed by atoms with Gasteiger partial charge in [-0.1, -0.05) is 6.07 Å². The Bertz CT molecular complexity index is 688. The van der Waals surface area contributed by atoms with Crippen molar-refractivity contribution >= 4 is 16.8 Å². The maximum atomic E-state index is 5.85. The molecule has 0 amide bonds. The highest BCUT2D eigenvalue weighted by atomic mass is 16.3. The standard InChI is InChI=1S/C13H11N3O/c1-8-9(4-3-7-15-8)13-16-12-10(14)5-2-6-11(12)17-13/h2-7H,14H2,1H3. The fourth-order valence-electron chi connectivity index (χ4n) is 1.80. The van der Waals surface area contributed by atoms with E-state index in [1.54, 1.807) is 6.20 Å². The summed E-state index contributed by atoms with van der Waals surface area (Å²) in [5, 5.41) is 0. The third kappa shape index (κ3) is 1.54. The van der Waals surface area contributed by atoms with E-state index in [0.717, 1.165) is 11.3 Å². The summed E-state index contributed by atoms with van der Waals surface area (Å²) in [7, 11) is 0. The zero-order valence-electron chi connectivity index (χ0n) is 9.34. The van der Waals surface area contributed by atoms with Crippen molar-refractivity contribution in [3.8, 4) is 11.5 Å². The Morgan fingerprint density at radius 3 is 2.82 bits per heavy atom. The number of fused-ring (bicyclic) bond motifs is 1. The highest BCUT2D eigenvalue weighted by molar-refractivity contribution is 5.87. The van der Waals surface area contributed by atoms with E-state index in [9.17, 15) is 0 Å². The first-order chi connectivity index (χ1) is 8.25. The predicted molar refractivity (Wildman–Crippen MR) is 66.4 cm³/mol. The molecular weight excluding hydrogens is 214 g/mol. The van der Waals surface area contributed by atoms with Crippen LogP contribution in [0.15, 0.2) is 40.9 Å². The Labute approximate surface area is 98.1 Å². The van der Waals surface area contributed by atoms with Gasteiger partial charge in [0.25, 0.3) is 0 Å². The van der Waals surface area contributed by atoms with Gasteiger partial charge in [0.1, 0.15) is 5.52 Å². The molecule has 0 unspecified atom stereocenters. The molecule has 84 valence electrons. The van der Waals surface area contributed by atoms with Crippen molar-refractivity contribution < 1.29 is 4.42 Å². The van der Waals surface area contributed by atoms with E-state index in [1.807, 2.05) is 37.3 Å². The molecule has 0 saturated heterocycles. The van der Waals surface area contributed by atoms with Gasteiger partial charge in [0.05, 0.1) is 11.3 Å². The van der Waals surface area contributed by atoms with Crippen molar-refractivity contribution in [2.24, 2.45) is 0 Å². The Kier molecular flexibility index (Phi) is 2.08. The molecule has 4 heteroatoms. The molecule has 0 saturated carbocycles. The number of pyridine rings is 1. The Morgan fingerprint density at radius 1 is 1.18 bits per heavy atom. The normalized spacial score (nSPS) is 10.9. The van der Waals surface area contributed by atoms with Gasteiger partial charge in [0.15, 0.2) is 5.58 Å². The fourth-order valence-corrected chi connectivity index (χ4v) is 1.80. The minimum absolute atomic E-state index is 0.559. The van der Waals surface area contributed by atoms with Gasteiger partial charge in [-0.15, -0.1) is 0 Å². The molecule has 0 aliphatic heterocycles. The van der Waals surface area contributed by atoms with Crippen molar-refractivity contribution in [1.82, 2.24) is 9.97 Å². The number of aromatic nitrogens is 2. The topological polar surface area (TPSA) is 64.9 Å². The molecule has 2 aromatic heterocycles. The summed E-state index contributed by atoms with van der Waals surface area (Å²) in [4.78, 5) is 8.63. The van der Waals surface area contributed by atoms with E-state index in [-0.39, 0.29) is 0 Å². The number of nitrogen functional groups attached to an aromatic ring is 1. The summed E-state index contributed by atoms with van der Waals surface area (Å²) in [6.07, 6.45) is 1.75. The van der Waals surface area contributed by atoms with Crippen LogP contribution in [0.3, 0.4) is 0 Å². The third-order valence-electron chi connectivity index (χ3n) is 2.69. The van der Waals surface area contributed by atoms with Crippen molar-refractivity contribution in [2.75, 3.05) is 5.73 Å². The summed E-state index contributed by atoms with van der Waals surface area (Å²) in [6.45, 7) is 1.92. The van der Waals surface area contributed by atoms with Gasteiger partial charge in [0.2, 0.25) is 5.89 Å². The van der Waals surface area contributed by atoms with E-state index in [4.69, 9.17) is 10.2 Å². The number of anilines is 1. The zero-order chi connectivity index (χ0) is 11.8. The Balaban J connectivity index is 2.26. The van der Waals surface area contributed by atoms with Crippen LogP contribution in [-0.4, -0.2) is 9.97 Å². The maximum Gasteiger partial charge on any atom is 0.229 e. The van der Waals surface area contributed by atoms with Crippen LogP contribution in [0.4, 0.5) is 5.69 Å². The van der Waals surface area contributed by atoms with Crippen molar-refractivity contribution in [3.63, 3.8) is 0 Å². The third-order valence-corrected chi connectivity index (χ3v) is 2.69. The summed E-state index contributed by atoms with van der Waals surface area (Å²) in [6, 6.07) is 9.31. The Hall–Kier alpha value is -2.36. The highest BCUT2D eigenvalue weighted by Crippen LogP contribution is 2.28. The molecule has 4 nitrogen and oxygen atoms in total. The second-order valence-electron chi connectivity index (χ2n) is 3.85. The Morgan fingerprint density at radius 2 is 2.06 bits per heavy atom. The van der Waals surface area contributed by atoms with Crippen molar-refractivity contribution in [1.29, 1.82) is 0 Å². The first-order valence-electron chi connectivity index (χ1n) is 5.33. The first kappa shape index (κ1) is 9.84. The average Bonchev–Trinajstić information content (AvgIpc) is 2.75. The predicted octanol–water partition coefficient (Wildman–Crippen LogP) is 2.78. The number of oxazole rings is 1. The van der Waals surface area contributed by atoms with Gasteiger partial charge in [-0.3, -0.25) is 4.98 Å². The molecule has 2 N–H and O–H groups in total. The molecule has 0 radical (unpaired) electrons. The number of rotatable bonds is 1. The number of para-hydroxylation sites is 1. The van der Waals surface area contributed by atoms with Crippen LogP contribution < -0.4 is 5.73 Å². The average molecular weight is 225 g/mol. The van der Waals surface area contributed by atoms with E-state index in [0.29, 0.717) is 22.7 Å². The van der Waals surface area contributed by atoms with Crippen LogP contribution in [0, 0.1) is 6.92 Å². The van der Waals surface area contributed by atoms with Gasteiger partial charge in [-0.05, 0) is 31.2 Å². The van der Waals surface area contributed by atoms with Gasteiger partial charge in [-0.25, -0.2) is 4.98 Å². The molecule has 3 rings (SSSR count). The fraction of sp³-hybridized carbons (Fsp3) is 0.0769. The SMILES string of the molecule is Cc1ncccc1-c1nc2c(N)cccc2o1. The number of hydrogen-bond donors (Lipinski definition) is 1. The largest absolute Gasteiger partial charge is 0.436 e. The molecule has 17 heavy (non-hydrogen) atoms. The minimum atomic E-state index is 0.559. The number of hydrogen-bond acceptors (Lipinski definition) is 4. The van der Waals surface area contributed by atoms with E-state index in [1.165, 1.54) is 0 Å². The molecule has 0 fully saturated rings. The molecular formula is C13H11N3O. The molecule has 3 aromatic rings. The van der Waals surface area contributed by atoms with Crippen LogP contribution in [0.5, 0.6) is 0 Å². The van der Waals surface area contributed by atoms with Crippen LogP contribution in [0.2, 0.25) is 0 Å². The lowest BCUT2D eigenvalue weighted by Crippen LogP contribution is -1.87. The summed E-state index contributed by atoms with van der Waals surface area (Å²) in [5.41, 5.74) is 9.65. The number of benzene rings is 1. The smallest absolute Gasteiger partial charge is 0.229 e. The molecule has 0 aliphatic carbocycles. The number of nitrogens with zero attached hydrogens (tertiary/aromatic N) is 2. The summed E-state index contributed by atoms with van der Waals surface area (Å²) in [5.74, 6) is 0.559. The molecule has 0 bridgehead atoms. The summed E-state index contributed by atoms with van der Waals surface area (Å²) >= 11 is 0. The van der Waals surface area contributed by atoms with Crippen LogP contribution in [0.1, 0.15) is 5.69 Å². The van der Waals surface area contributed by atoms with Gasteiger partial charge < -0.3 is 10.2 Å². The first-order valence-corrected chi connectivity index (χ1v) is 5.33. The van der Waals surface area contributed by atoms with Crippen LogP contribution >= 0.6 is 0 Å². The molecule has 1 aromatic carbocycles. The quantitative estimate of drug-likeness (QED) is 0.647. The van der Waals surface area contributed by atoms with Crippen molar-refractivity contribution in [2.45, 2.75) is 6.92 Å². The van der Waals surface area contributed by atoms with Gasteiger partial charge in [-0.2, -0.15) is 0 Å². The lowest BCUT2D eigenvalue weighted by Gasteiger charge is -1.97. The van der Waals surface area contributed by atoms with Gasteiger partial charge in [0, 0.05) is 11.9 Å². The maximum absolute atomic E-state index is 5.85. The monoisotopic (exact) mass is 225 g/mol. The van der Waals surface area contributed by atoms with Crippen LogP contribution in [-0.2, 0) is 0 Å². The van der Waals surface area contributed by atoms with Gasteiger partial charge >= 0.3 is 0 Å². The molecule has 0 aliphatic rings. The van der Waals surface area contributed by atoms with E-state index in [2.05, 4.69) is 9.97 Å². The summed E-state index contributed by atoms with van der Waals surface area (Å²) < 4.78 is 5.68. The van der Waals surface area contributed by atoms with Crippen LogP contribution in [0.25, 0.3) is 22.6 Å². The zero-order valence-corrected chi connectivity index (χ0v) is 9.34. The lowest BCUT2D eigenvalue weighted by atomic mass is 10.2. The second kappa shape index (κ2) is 3.59. The number of aryl methyl sites for hydroxylation is 1. The highest BCUT2D eigenvalue weighted by Gasteiger charge is 2.11. The number of nitrogens with two attached hydrogens (primary N) is 1. The van der Waals surface area contributed by atoms with E-state index >= 15 is 0 Å². The molecule has 0 spiro atoms. The molecule has 0 atom stereocenters. The molecule has 2 heterocycles. The van der Waals surface area contributed by atoms with E-state index < -0.39 is 0 Å². The van der Waals surface area contributed by atoms with Crippen molar-refractivity contribution in [3.05, 3.63) is 42.2 Å². The minimum Gasteiger partial charge on any atom is -0.436 e.